The SMILES string of the molecule is N[C@@H](Cc1ccccc1-c1ncccc1Br)C(=O)O. The molecule has 4 nitrogen and oxygen atoms in total. The predicted octanol–water partition coefficient (Wildman–Crippen LogP) is 2.47. The van der Waals surface area contributed by atoms with Gasteiger partial charge >= 0.3 is 5.97 Å². The van der Waals surface area contributed by atoms with Gasteiger partial charge in [0.15, 0.2) is 0 Å². The summed E-state index contributed by atoms with van der Waals surface area (Å²) in [5, 5.41) is 8.91. The van der Waals surface area contributed by atoms with Gasteiger partial charge in [0.1, 0.15) is 6.04 Å². The highest BCUT2D eigenvalue weighted by Crippen LogP contribution is 2.28. The number of aliphatic carboxylic acids is 1. The molecule has 1 aromatic heterocycles. The maximum Gasteiger partial charge on any atom is 0.320 e. The topological polar surface area (TPSA) is 76.2 Å². The van der Waals surface area contributed by atoms with Gasteiger partial charge in [0.25, 0.3) is 0 Å². The fourth-order valence-electron chi connectivity index (χ4n) is 1.84. The van der Waals surface area contributed by atoms with Gasteiger partial charge in [-0.2, -0.15) is 0 Å². The van der Waals surface area contributed by atoms with Crippen LogP contribution >= 0.6 is 15.9 Å². The quantitative estimate of drug-likeness (QED) is 0.907. The molecular weight excluding hydrogens is 308 g/mol. The van der Waals surface area contributed by atoms with E-state index in [1.807, 2.05) is 36.4 Å². The Bertz CT molecular complexity index is 602. The molecule has 1 atom stereocenters. The molecule has 1 aromatic carbocycles. The number of hydrogen-bond donors (Lipinski definition) is 2. The Hall–Kier alpha value is -1.72. The average Bonchev–Trinajstić information content (AvgIpc) is 2.40. The van der Waals surface area contributed by atoms with E-state index in [1.54, 1.807) is 6.20 Å². The first kappa shape index (κ1) is 13.7. The Balaban J connectivity index is 2.42. The van der Waals surface area contributed by atoms with E-state index in [4.69, 9.17) is 10.8 Å². The van der Waals surface area contributed by atoms with Crippen LogP contribution in [0.25, 0.3) is 11.3 Å². The van der Waals surface area contributed by atoms with Crippen LogP contribution in [0, 0.1) is 0 Å². The van der Waals surface area contributed by atoms with Crippen LogP contribution in [0.15, 0.2) is 47.1 Å². The van der Waals surface area contributed by atoms with E-state index in [1.165, 1.54) is 0 Å². The first-order valence-electron chi connectivity index (χ1n) is 5.77. The van der Waals surface area contributed by atoms with Crippen LogP contribution in [-0.4, -0.2) is 22.1 Å². The summed E-state index contributed by atoms with van der Waals surface area (Å²) in [6.45, 7) is 0. The van der Waals surface area contributed by atoms with Crippen LogP contribution in [0.4, 0.5) is 0 Å². The zero-order valence-corrected chi connectivity index (χ0v) is 11.7. The molecule has 98 valence electrons. The summed E-state index contributed by atoms with van der Waals surface area (Å²) in [7, 11) is 0. The minimum atomic E-state index is -1.00. The Morgan fingerprint density at radius 2 is 2.05 bits per heavy atom. The molecule has 0 aliphatic heterocycles. The van der Waals surface area contributed by atoms with E-state index < -0.39 is 12.0 Å². The Labute approximate surface area is 119 Å². The Morgan fingerprint density at radius 3 is 2.74 bits per heavy atom. The number of pyridine rings is 1. The molecule has 0 aliphatic carbocycles. The molecule has 0 bridgehead atoms. The van der Waals surface area contributed by atoms with E-state index in [0.717, 1.165) is 21.3 Å². The van der Waals surface area contributed by atoms with E-state index in [0.29, 0.717) is 0 Å². The summed E-state index contributed by atoms with van der Waals surface area (Å²) in [6, 6.07) is 10.4. The van der Waals surface area contributed by atoms with Crippen LogP contribution < -0.4 is 5.73 Å². The minimum absolute atomic E-state index is 0.272. The molecule has 0 saturated heterocycles. The molecule has 19 heavy (non-hydrogen) atoms. The molecule has 0 fully saturated rings. The van der Waals surface area contributed by atoms with E-state index in [-0.39, 0.29) is 6.42 Å². The lowest BCUT2D eigenvalue weighted by Gasteiger charge is -2.12. The van der Waals surface area contributed by atoms with Crippen LogP contribution in [0.1, 0.15) is 5.56 Å². The molecule has 5 heteroatoms. The van der Waals surface area contributed by atoms with Crippen molar-refractivity contribution in [2.45, 2.75) is 12.5 Å². The second-order valence-corrected chi connectivity index (χ2v) is 4.99. The highest BCUT2D eigenvalue weighted by molar-refractivity contribution is 9.10. The number of carbonyl (C=O) groups is 1. The predicted molar refractivity (Wildman–Crippen MR) is 76.7 cm³/mol. The van der Waals surface area contributed by atoms with Crippen molar-refractivity contribution >= 4 is 21.9 Å². The first-order valence-corrected chi connectivity index (χ1v) is 6.56. The lowest BCUT2D eigenvalue weighted by atomic mass is 9.98. The Morgan fingerprint density at radius 1 is 1.32 bits per heavy atom. The zero-order chi connectivity index (χ0) is 13.8. The van der Waals surface area contributed by atoms with Crippen LogP contribution in [0.2, 0.25) is 0 Å². The van der Waals surface area contributed by atoms with Gasteiger partial charge in [0.2, 0.25) is 0 Å². The summed E-state index contributed by atoms with van der Waals surface area (Å²) in [5.74, 6) is -1.00. The zero-order valence-electron chi connectivity index (χ0n) is 10.1. The highest BCUT2D eigenvalue weighted by Gasteiger charge is 2.16. The summed E-state index contributed by atoms with van der Waals surface area (Å²) in [4.78, 5) is 15.2. The number of nitrogens with zero attached hydrogens (tertiary/aromatic N) is 1. The van der Waals surface area contributed by atoms with Crippen molar-refractivity contribution in [1.82, 2.24) is 4.98 Å². The van der Waals surface area contributed by atoms with Crippen molar-refractivity contribution in [1.29, 1.82) is 0 Å². The standard InChI is InChI=1S/C14H13BrN2O2/c15-11-6-3-7-17-13(11)10-5-2-1-4-9(10)8-12(16)14(18)19/h1-7,12H,8,16H2,(H,18,19)/t12-/m0/s1. The van der Waals surface area contributed by atoms with Gasteiger partial charge in [-0.25, -0.2) is 0 Å². The third-order valence-electron chi connectivity index (χ3n) is 2.79. The summed E-state index contributed by atoms with van der Waals surface area (Å²) >= 11 is 3.45. The fourth-order valence-corrected chi connectivity index (χ4v) is 2.31. The van der Waals surface area contributed by atoms with Crippen molar-refractivity contribution in [2.24, 2.45) is 5.73 Å². The molecular formula is C14H13BrN2O2. The molecule has 0 radical (unpaired) electrons. The lowest BCUT2D eigenvalue weighted by molar-refractivity contribution is -0.138. The van der Waals surface area contributed by atoms with E-state index in [9.17, 15) is 4.79 Å². The van der Waals surface area contributed by atoms with Gasteiger partial charge in [0.05, 0.1) is 5.69 Å². The van der Waals surface area contributed by atoms with Gasteiger partial charge in [-0.15, -0.1) is 0 Å². The maximum absolute atomic E-state index is 10.9. The van der Waals surface area contributed by atoms with Gasteiger partial charge in [-0.3, -0.25) is 9.78 Å². The molecule has 2 rings (SSSR count). The monoisotopic (exact) mass is 320 g/mol. The smallest absolute Gasteiger partial charge is 0.320 e. The van der Waals surface area contributed by atoms with Crippen molar-refractivity contribution in [3.8, 4) is 11.3 Å². The number of carboxylic acid groups (broad SMARTS) is 1. The number of aromatic nitrogens is 1. The molecule has 0 unspecified atom stereocenters. The number of carboxylic acids is 1. The molecule has 0 amide bonds. The lowest BCUT2D eigenvalue weighted by Crippen LogP contribution is -2.32. The highest BCUT2D eigenvalue weighted by atomic mass is 79.9. The molecule has 2 aromatic rings. The third kappa shape index (κ3) is 3.19. The number of nitrogens with two attached hydrogens (primary N) is 1. The van der Waals surface area contributed by atoms with Crippen molar-refractivity contribution in [2.75, 3.05) is 0 Å². The second-order valence-electron chi connectivity index (χ2n) is 4.14. The summed E-state index contributed by atoms with van der Waals surface area (Å²) < 4.78 is 0.867. The molecule has 0 spiro atoms. The number of rotatable bonds is 4. The fraction of sp³-hybridized carbons (Fsp3) is 0.143. The van der Waals surface area contributed by atoms with Gasteiger partial charge in [-0.1, -0.05) is 24.3 Å². The largest absolute Gasteiger partial charge is 0.480 e. The second kappa shape index (κ2) is 5.95. The number of halogens is 1. The maximum atomic E-state index is 10.9. The Kier molecular flexibility index (Phi) is 4.29. The van der Waals surface area contributed by atoms with Crippen molar-refractivity contribution < 1.29 is 9.90 Å². The summed E-state index contributed by atoms with van der Waals surface area (Å²) in [5.41, 5.74) is 8.16. The van der Waals surface area contributed by atoms with Gasteiger partial charge in [-0.05, 0) is 40.0 Å². The number of benzene rings is 1. The third-order valence-corrected chi connectivity index (χ3v) is 3.43. The van der Waals surface area contributed by atoms with Gasteiger partial charge < -0.3 is 10.8 Å². The molecule has 1 heterocycles. The van der Waals surface area contributed by atoms with Crippen LogP contribution in [0.3, 0.4) is 0 Å². The molecule has 0 aliphatic rings. The van der Waals surface area contributed by atoms with Crippen LogP contribution in [-0.2, 0) is 11.2 Å². The van der Waals surface area contributed by atoms with E-state index >= 15 is 0 Å². The minimum Gasteiger partial charge on any atom is -0.480 e. The number of hydrogen-bond acceptors (Lipinski definition) is 3. The van der Waals surface area contributed by atoms with E-state index in [2.05, 4.69) is 20.9 Å². The first-order chi connectivity index (χ1) is 9.09. The van der Waals surface area contributed by atoms with Crippen molar-refractivity contribution in [3.05, 3.63) is 52.6 Å². The van der Waals surface area contributed by atoms with Crippen molar-refractivity contribution in [3.63, 3.8) is 0 Å². The average molecular weight is 321 g/mol. The normalized spacial score (nSPS) is 12.1. The summed E-state index contributed by atoms with van der Waals surface area (Å²) in [6.07, 6.45) is 1.97. The molecule has 0 saturated carbocycles. The van der Waals surface area contributed by atoms with Gasteiger partial charge in [0, 0.05) is 16.2 Å². The molecule has 3 N–H and O–H groups in total. The van der Waals surface area contributed by atoms with Crippen LogP contribution in [0.5, 0.6) is 0 Å².